The number of carbonyl (C=O) groups excluding carboxylic acids is 1. The van der Waals surface area contributed by atoms with Gasteiger partial charge >= 0.3 is 0 Å². The number of nitrogens with two attached hydrogens (primary N) is 1. The van der Waals surface area contributed by atoms with Gasteiger partial charge in [0.15, 0.2) is 5.76 Å². The monoisotopic (exact) mass is 193 g/mol. The summed E-state index contributed by atoms with van der Waals surface area (Å²) in [5, 5.41) is 0.709. The minimum Gasteiger partial charge on any atom is -0.451 e. The van der Waals surface area contributed by atoms with Crippen LogP contribution in [0.4, 0.5) is 4.39 Å². The molecule has 14 heavy (non-hydrogen) atoms. The number of rotatable bonds is 1. The first-order valence-corrected chi connectivity index (χ1v) is 4.08. The summed E-state index contributed by atoms with van der Waals surface area (Å²) in [6.45, 7) is 1.71. The van der Waals surface area contributed by atoms with Crippen LogP contribution in [0.25, 0.3) is 11.0 Å². The van der Waals surface area contributed by atoms with Gasteiger partial charge in [-0.05, 0) is 19.1 Å². The maximum absolute atomic E-state index is 12.8. The molecule has 0 spiro atoms. The van der Waals surface area contributed by atoms with Gasteiger partial charge in [0, 0.05) is 17.0 Å². The number of primary amides is 1. The van der Waals surface area contributed by atoms with Crippen LogP contribution in [0.1, 0.15) is 16.1 Å². The number of aryl methyl sites for hydroxylation is 1. The molecule has 1 aromatic heterocycles. The van der Waals surface area contributed by atoms with Crippen molar-refractivity contribution >= 4 is 16.9 Å². The zero-order valence-corrected chi connectivity index (χ0v) is 7.50. The van der Waals surface area contributed by atoms with Crippen LogP contribution in [0.2, 0.25) is 0 Å². The molecule has 2 aromatic rings. The van der Waals surface area contributed by atoms with Gasteiger partial charge in [-0.15, -0.1) is 0 Å². The molecule has 1 aromatic carbocycles. The van der Waals surface area contributed by atoms with Crippen molar-refractivity contribution in [2.75, 3.05) is 0 Å². The summed E-state index contributed by atoms with van der Waals surface area (Å²) in [4.78, 5) is 10.9. The molecule has 0 aliphatic carbocycles. The second kappa shape index (κ2) is 2.83. The molecule has 0 saturated carbocycles. The largest absolute Gasteiger partial charge is 0.451 e. The number of carbonyl (C=O) groups is 1. The normalized spacial score (nSPS) is 10.7. The predicted octanol–water partition coefficient (Wildman–Crippen LogP) is 1.98. The summed E-state index contributed by atoms with van der Waals surface area (Å²) in [6, 6.07) is 4.11. The highest BCUT2D eigenvalue weighted by molar-refractivity contribution is 5.97. The Hall–Kier alpha value is -1.84. The summed E-state index contributed by atoms with van der Waals surface area (Å²) < 4.78 is 17.9. The predicted molar refractivity (Wildman–Crippen MR) is 49.4 cm³/mol. The highest BCUT2D eigenvalue weighted by Crippen LogP contribution is 2.25. The highest BCUT2D eigenvalue weighted by atomic mass is 19.1. The van der Waals surface area contributed by atoms with Gasteiger partial charge in [-0.3, -0.25) is 4.79 Å². The van der Waals surface area contributed by atoms with Crippen molar-refractivity contribution in [1.29, 1.82) is 0 Å². The van der Waals surface area contributed by atoms with Crippen LogP contribution in [0.5, 0.6) is 0 Å². The number of amides is 1. The lowest BCUT2D eigenvalue weighted by Crippen LogP contribution is -2.10. The summed E-state index contributed by atoms with van der Waals surface area (Å²) in [7, 11) is 0. The molecular formula is C10H8FNO2. The maximum atomic E-state index is 12.8. The van der Waals surface area contributed by atoms with E-state index in [1.165, 1.54) is 12.1 Å². The first kappa shape index (κ1) is 8.74. The van der Waals surface area contributed by atoms with Crippen LogP contribution >= 0.6 is 0 Å². The van der Waals surface area contributed by atoms with Crippen LogP contribution in [-0.4, -0.2) is 5.91 Å². The molecule has 2 rings (SSSR count). The number of benzene rings is 1. The highest BCUT2D eigenvalue weighted by Gasteiger charge is 2.14. The molecule has 0 fully saturated rings. The van der Waals surface area contributed by atoms with Crippen molar-refractivity contribution in [2.45, 2.75) is 6.92 Å². The number of furan rings is 1. The van der Waals surface area contributed by atoms with Crippen LogP contribution in [0.15, 0.2) is 22.6 Å². The Labute approximate surface area is 79.3 Å². The topological polar surface area (TPSA) is 56.2 Å². The van der Waals surface area contributed by atoms with E-state index in [1.807, 2.05) is 0 Å². The van der Waals surface area contributed by atoms with E-state index < -0.39 is 11.7 Å². The van der Waals surface area contributed by atoms with Gasteiger partial charge in [-0.1, -0.05) is 0 Å². The zero-order chi connectivity index (χ0) is 10.3. The molecule has 2 N–H and O–H groups in total. The maximum Gasteiger partial charge on any atom is 0.284 e. The molecule has 0 aliphatic rings. The Balaban J connectivity index is 2.79. The Morgan fingerprint density at radius 2 is 2.21 bits per heavy atom. The Bertz CT molecular complexity index is 516. The molecule has 0 bridgehead atoms. The zero-order valence-electron chi connectivity index (χ0n) is 7.50. The second-order valence-electron chi connectivity index (χ2n) is 3.06. The fraction of sp³-hybridized carbons (Fsp3) is 0.100. The average molecular weight is 193 g/mol. The van der Waals surface area contributed by atoms with E-state index in [4.69, 9.17) is 10.2 Å². The number of fused-ring (bicyclic) bond motifs is 1. The minimum atomic E-state index is -0.640. The molecule has 3 nitrogen and oxygen atoms in total. The van der Waals surface area contributed by atoms with Crippen molar-refractivity contribution in [3.63, 3.8) is 0 Å². The van der Waals surface area contributed by atoms with E-state index in [1.54, 1.807) is 13.0 Å². The van der Waals surface area contributed by atoms with Crippen LogP contribution in [0.3, 0.4) is 0 Å². The molecule has 72 valence electrons. The van der Waals surface area contributed by atoms with E-state index in [-0.39, 0.29) is 5.76 Å². The first-order chi connectivity index (χ1) is 6.59. The minimum absolute atomic E-state index is 0.0885. The molecule has 4 heteroatoms. The standard InChI is InChI=1S/C10H8FNO2/c1-5-7-3-2-6(11)4-8(7)14-9(5)10(12)13/h2-4H,1H3,(H2,12,13). The fourth-order valence-electron chi connectivity index (χ4n) is 1.43. The number of halogens is 1. The third-order valence-corrected chi connectivity index (χ3v) is 2.12. The number of hydrogen-bond acceptors (Lipinski definition) is 2. The van der Waals surface area contributed by atoms with E-state index >= 15 is 0 Å². The van der Waals surface area contributed by atoms with Gasteiger partial charge in [-0.25, -0.2) is 4.39 Å². The third kappa shape index (κ3) is 1.16. The molecule has 0 radical (unpaired) electrons. The summed E-state index contributed by atoms with van der Waals surface area (Å²) >= 11 is 0. The van der Waals surface area contributed by atoms with Gasteiger partial charge < -0.3 is 10.2 Å². The van der Waals surface area contributed by atoms with Crippen molar-refractivity contribution in [1.82, 2.24) is 0 Å². The number of hydrogen-bond donors (Lipinski definition) is 1. The lowest BCUT2D eigenvalue weighted by molar-refractivity contribution is 0.0975. The van der Waals surface area contributed by atoms with Crippen LogP contribution in [0, 0.1) is 12.7 Å². The third-order valence-electron chi connectivity index (χ3n) is 2.12. The lowest BCUT2D eigenvalue weighted by atomic mass is 10.1. The van der Waals surface area contributed by atoms with E-state index in [0.29, 0.717) is 16.5 Å². The molecule has 0 atom stereocenters. The molecule has 0 saturated heterocycles. The Morgan fingerprint density at radius 1 is 1.50 bits per heavy atom. The Morgan fingerprint density at radius 3 is 2.86 bits per heavy atom. The molecular weight excluding hydrogens is 185 g/mol. The van der Waals surface area contributed by atoms with Gasteiger partial charge in [0.2, 0.25) is 0 Å². The summed E-state index contributed by atoms with van der Waals surface area (Å²) in [5.41, 5.74) is 6.08. The van der Waals surface area contributed by atoms with E-state index in [9.17, 15) is 9.18 Å². The van der Waals surface area contributed by atoms with E-state index in [0.717, 1.165) is 0 Å². The molecule has 1 amide bonds. The van der Waals surface area contributed by atoms with Crippen LogP contribution in [-0.2, 0) is 0 Å². The average Bonchev–Trinajstić information content (AvgIpc) is 2.43. The summed E-state index contributed by atoms with van der Waals surface area (Å²) in [6.07, 6.45) is 0. The van der Waals surface area contributed by atoms with Crippen molar-refractivity contribution in [3.05, 3.63) is 35.3 Å². The van der Waals surface area contributed by atoms with Crippen molar-refractivity contribution in [3.8, 4) is 0 Å². The molecule has 0 unspecified atom stereocenters. The second-order valence-corrected chi connectivity index (χ2v) is 3.06. The van der Waals surface area contributed by atoms with E-state index in [2.05, 4.69) is 0 Å². The SMILES string of the molecule is Cc1c(C(N)=O)oc2cc(F)ccc12. The van der Waals surface area contributed by atoms with Gasteiger partial charge in [0.1, 0.15) is 11.4 Å². The summed E-state index contributed by atoms with van der Waals surface area (Å²) in [5.74, 6) is -0.952. The Kier molecular flexibility index (Phi) is 1.77. The smallest absolute Gasteiger partial charge is 0.284 e. The molecule has 1 heterocycles. The first-order valence-electron chi connectivity index (χ1n) is 4.08. The lowest BCUT2D eigenvalue weighted by Gasteiger charge is -1.88. The quantitative estimate of drug-likeness (QED) is 0.752. The van der Waals surface area contributed by atoms with Gasteiger partial charge in [-0.2, -0.15) is 0 Å². The van der Waals surface area contributed by atoms with Gasteiger partial charge in [0.05, 0.1) is 0 Å². The van der Waals surface area contributed by atoms with Crippen molar-refractivity contribution < 1.29 is 13.6 Å². The van der Waals surface area contributed by atoms with Crippen LogP contribution < -0.4 is 5.73 Å². The molecule has 0 aliphatic heterocycles. The van der Waals surface area contributed by atoms with Crippen molar-refractivity contribution in [2.24, 2.45) is 5.73 Å². The van der Waals surface area contributed by atoms with Gasteiger partial charge in [0.25, 0.3) is 5.91 Å². The fourth-order valence-corrected chi connectivity index (χ4v) is 1.43.